The fourth-order valence-electron chi connectivity index (χ4n) is 4.99. The summed E-state index contributed by atoms with van der Waals surface area (Å²) in [5.74, 6) is -0.241. The Morgan fingerprint density at radius 3 is 2.54 bits per heavy atom. The van der Waals surface area contributed by atoms with Crippen molar-refractivity contribution in [1.29, 1.82) is 0 Å². The van der Waals surface area contributed by atoms with Crippen LogP contribution in [0.25, 0.3) is 0 Å². The number of nitrogens with one attached hydrogen (secondary N) is 1. The number of rotatable bonds is 6. The van der Waals surface area contributed by atoms with Gasteiger partial charge >= 0.3 is 0 Å². The van der Waals surface area contributed by atoms with Gasteiger partial charge in [0.2, 0.25) is 0 Å². The van der Waals surface area contributed by atoms with E-state index in [-0.39, 0.29) is 17.7 Å². The van der Waals surface area contributed by atoms with E-state index in [9.17, 15) is 9.59 Å². The lowest BCUT2D eigenvalue weighted by Gasteiger charge is -2.34. The van der Waals surface area contributed by atoms with Crippen LogP contribution < -0.4 is 11.1 Å². The zero-order chi connectivity index (χ0) is 24.0. The van der Waals surface area contributed by atoms with Gasteiger partial charge in [-0.25, -0.2) is 4.68 Å². The van der Waals surface area contributed by atoms with Gasteiger partial charge in [-0.05, 0) is 42.4 Å². The molecule has 0 spiro atoms. The Balaban J connectivity index is 1.42. The number of carbonyl (C=O) groups is 2. The maximum absolute atomic E-state index is 14.3. The number of nitrogens with two attached hydrogens (primary N) is 1. The molecule has 6 rings (SSSR count). The number of fused-ring (bicyclic) bond motifs is 1. The van der Waals surface area contributed by atoms with Gasteiger partial charge in [0.1, 0.15) is 11.1 Å². The number of hydrogen-bond acceptors (Lipinski definition) is 6. The molecule has 2 aromatic carbocycles. The quantitative estimate of drug-likeness (QED) is 0.432. The molecule has 1 unspecified atom stereocenters. The fraction of sp³-hybridized carbons (Fsp3) is 0.259. The molecule has 35 heavy (non-hydrogen) atoms. The van der Waals surface area contributed by atoms with Crippen LogP contribution in [-0.4, -0.2) is 32.7 Å². The Morgan fingerprint density at radius 2 is 1.83 bits per heavy atom. The van der Waals surface area contributed by atoms with Crippen molar-refractivity contribution in [2.24, 2.45) is 0 Å². The van der Waals surface area contributed by atoms with E-state index in [0.29, 0.717) is 40.5 Å². The van der Waals surface area contributed by atoms with Crippen molar-refractivity contribution in [2.45, 2.75) is 43.7 Å². The zero-order valence-corrected chi connectivity index (χ0v) is 19.9. The first-order chi connectivity index (χ1) is 17.1. The highest BCUT2D eigenvalue weighted by molar-refractivity contribution is 7.18. The summed E-state index contributed by atoms with van der Waals surface area (Å²) < 4.78 is 1.77. The van der Waals surface area contributed by atoms with Crippen LogP contribution >= 0.6 is 11.3 Å². The Hall–Kier alpha value is -3.78. The molecule has 0 bridgehead atoms. The zero-order valence-electron chi connectivity index (χ0n) is 19.1. The van der Waals surface area contributed by atoms with Crippen molar-refractivity contribution in [3.8, 4) is 0 Å². The van der Waals surface area contributed by atoms with E-state index in [1.54, 1.807) is 4.68 Å². The molecule has 1 saturated carbocycles. The maximum atomic E-state index is 14.3. The first-order valence-electron chi connectivity index (χ1n) is 11.8. The van der Waals surface area contributed by atoms with Gasteiger partial charge in [0.15, 0.2) is 5.78 Å². The van der Waals surface area contributed by atoms with E-state index < -0.39 is 5.41 Å². The number of amides is 1. The highest BCUT2D eigenvalue weighted by atomic mass is 32.1. The maximum Gasteiger partial charge on any atom is 0.254 e. The number of Topliss-reactive ketones (excluding diaryl/α,β-unsaturated/α-hetero) is 1. The van der Waals surface area contributed by atoms with Gasteiger partial charge in [-0.3, -0.25) is 9.59 Å². The molecule has 8 heteroatoms. The molecule has 0 aliphatic heterocycles. The number of thiophene rings is 1. The Bertz CT molecular complexity index is 1410. The number of anilines is 1. The second kappa shape index (κ2) is 8.46. The van der Waals surface area contributed by atoms with Crippen LogP contribution in [-0.2, 0) is 18.4 Å². The average Bonchev–Trinajstić information content (AvgIpc) is 3.44. The summed E-state index contributed by atoms with van der Waals surface area (Å²) in [7, 11) is 0. The third-order valence-electron chi connectivity index (χ3n) is 6.95. The van der Waals surface area contributed by atoms with E-state index >= 15 is 0 Å². The molecular weight excluding hydrogens is 458 g/mol. The van der Waals surface area contributed by atoms with Gasteiger partial charge in [-0.2, -0.15) is 0 Å². The lowest BCUT2D eigenvalue weighted by atomic mass is 9.66. The standard InChI is InChI=1S/C27H25N5O2S/c28-25-22(26(34)29-19-11-12-19)20-13-14-27(24(33)23(20)35-25,18-9-5-2-6-10-18)21-16-32(31-30-21)15-17-7-3-1-4-8-17/h1-10,16,19H,11-15,28H2,(H,29,34). The number of nitrogens with zero attached hydrogens (tertiary/aromatic N) is 3. The van der Waals surface area contributed by atoms with Crippen LogP contribution in [0.5, 0.6) is 0 Å². The molecule has 0 radical (unpaired) electrons. The van der Waals surface area contributed by atoms with Crippen LogP contribution in [0.1, 0.15) is 61.7 Å². The SMILES string of the molecule is Nc1sc2c(c1C(=O)NC1CC1)CCC(c1ccccc1)(c1cn(Cc3ccccc3)nn1)C2=O. The third kappa shape index (κ3) is 3.74. The predicted molar refractivity (Wildman–Crippen MR) is 135 cm³/mol. The summed E-state index contributed by atoms with van der Waals surface area (Å²) in [6, 6.07) is 20.0. The molecule has 4 aromatic rings. The van der Waals surface area contributed by atoms with Crippen molar-refractivity contribution in [1.82, 2.24) is 20.3 Å². The highest BCUT2D eigenvalue weighted by Gasteiger charge is 2.49. The summed E-state index contributed by atoms with van der Waals surface area (Å²) in [5.41, 5.74) is 9.16. The average molecular weight is 484 g/mol. The Morgan fingerprint density at radius 1 is 1.11 bits per heavy atom. The molecular formula is C27H25N5O2S. The van der Waals surface area contributed by atoms with E-state index in [0.717, 1.165) is 29.5 Å². The molecule has 176 valence electrons. The number of carbonyl (C=O) groups excluding carboxylic acids is 2. The summed E-state index contributed by atoms with van der Waals surface area (Å²) in [6.45, 7) is 0.565. The fourth-order valence-corrected chi connectivity index (χ4v) is 6.12. The van der Waals surface area contributed by atoms with E-state index in [4.69, 9.17) is 5.73 Å². The second-order valence-corrected chi connectivity index (χ2v) is 10.3. The normalized spacial score (nSPS) is 19.4. The van der Waals surface area contributed by atoms with Gasteiger partial charge in [-0.15, -0.1) is 16.4 Å². The third-order valence-corrected chi connectivity index (χ3v) is 8.01. The van der Waals surface area contributed by atoms with E-state index in [2.05, 4.69) is 15.6 Å². The van der Waals surface area contributed by atoms with Gasteiger partial charge < -0.3 is 11.1 Å². The van der Waals surface area contributed by atoms with Crippen LogP contribution in [0.4, 0.5) is 5.00 Å². The minimum Gasteiger partial charge on any atom is -0.390 e. The summed E-state index contributed by atoms with van der Waals surface area (Å²) >= 11 is 1.21. The molecule has 3 N–H and O–H groups in total. The lowest BCUT2D eigenvalue weighted by Crippen LogP contribution is -2.41. The molecule has 2 heterocycles. The van der Waals surface area contributed by atoms with Crippen LogP contribution in [0.15, 0.2) is 66.9 Å². The van der Waals surface area contributed by atoms with E-state index in [1.165, 1.54) is 11.3 Å². The van der Waals surface area contributed by atoms with Crippen LogP contribution in [0, 0.1) is 0 Å². The molecule has 2 aliphatic rings. The molecule has 2 aromatic heterocycles. The number of nitrogen functional groups attached to an aromatic ring is 1. The highest BCUT2D eigenvalue weighted by Crippen LogP contribution is 2.47. The molecule has 1 amide bonds. The second-order valence-electron chi connectivity index (χ2n) is 9.28. The van der Waals surface area contributed by atoms with Gasteiger partial charge in [0.25, 0.3) is 5.91 Å². The van der Waals surface area contributed by atoms with Crippen molar-refractivity contribution in [3.63, 3.8) is 0 Å². The largest absolute Gasteiger partial charge is 0.390 e. The Labute approximate surface area is 207 Å². The van der Waals surface area contributed by atoms with Crippen LogP contribution in [0.2, 0.25) is 0 Å². The number of aromatic nitrogens is 3. The number of ketones is 1. The van der Waals surface area contributed by atoms with Crippen LogP contribution in [0.3, 0.4) is 0 Å². The minimum absolute atomic E-state index is 0.0705. The first-order valence-corrected chi connectivity index (χ1v) is 12.6. The Kier molecular flexibility index (Phi) is 5.25. The van der Waals surface area contributed by atoms with Gasteiger partial charge in [0.05, 0.1) is 28.2 Å². The molecule has 2 aliphatic carbocycles. The minimum atomic E-state index is -0.981. The molecule has 1 fully saturated rings. The summed E-state index contributed by atoms with van der Waals surface area (Å²) in [5, 5.41) is 12.3. The number of benzene rings is 2. The van der Waals surface area contributed by atoms with Crippen molar-refractivity contribution in [2.75, 3.05) is 5.73 Å². The van der Waals surface area contributed by atoms with Gasteiger partial charge in [-0.1, -0.05) is 65.9 Å². The molecule has 7 nitrogen and oxygen atoms in total. The summed E-state index contributed by atoms with van der Waals surface area (Å²) in [4.78, 5) is 27.7. The monoisotopic (exact) mass is 483 g/mol. The molecule has 0 saturated heterocycles. The van der Waals surface area contributed by atoms with Gasteiger partial charge in [0, 0.05) is 6.04 Å². The first kappa shape index (κ1) is 21.7. The smallest absolute Gasteiger partial charge is 0.254 e. The topological polar surface area (TPSA) is 103 Å². The predicted octanol–water partition coefficient (Wildman–Crippen LogP) is 3.98. The van der Waals surface area contributed by atoms with Crippen molar-refractivity contribution >= 4 is 28.0 Å². The lowest BCUT2D eigenvalue weighted by molar-refractivity contribution is 0.0894. The summed E-state index contributed by atoms with van der Waals surface area (Å²) in [6.07, 6.45) is 4.91. The van der Waals surface area contributed by atoms with E-state index in [1.807, 2.05) is 66.9 Å². The number of hydrogen-bond donors (Lipinski definition) is 2. The van der Waals surface area contributed by atoms with Crippen molar-refractivity contribution in [3.05, 3.63) is 99.7 Å². The van der Waals surface area contributed by atoms with Crippen molar-refractivity contribution < 1.29 is 9.59 Å². The molecule has 1 atom stereocenters.